The number of aliphatic hydroxyl groups is 5. The van der Waals surface area contributed by atoms with Crippen LogP contribution in [0.15, 0.2) is 24.3 Å². The third kappa shape index (κ3) is 3.60. The molecule has 2 rings (SSSR count). The summed E-state index contributed by atoms with van der Waals surface area (Å²) in [6, 6.07) is 7.18. The lowest BCUT2D eigenvalue weighted by atomic mass is 9.91. The molecule has 1 aromatic rings. The maximum Gasteiger partial charge on any atom is 0.111 e. The van der Waals surface area contributed by atoms with Crippen LogP contribution in [0.2, 0.25) is 0 Å². The smallest absolute Gasteiger partial charge is 0.111 e. The molecule has 0 amide bonds. The van der Waals surface area contributed by atoms with Gasteiger partial charge in [0.1, 0.15) is 24.4 Å². The van der Waals surface area contributed by atoms with E-state index in [9.17, 15) is 20.4 Å². The second kappa shape index (κ2) is 6.83. The number of hydrogen-bond donors (Lipinski definition) is 5. The van der Waals surface area contributed by atoms with Crippen LogP contribution in [0.1, 0.15) is 24.2 Å². The number of benzene rings is 1. The summed E-state index contributed by atoms with van der Waals surface area (Å²) in [5.74, 6) is 0. The lowest BCUT2D eigenvalue weighted by Gasteiger charge is -2.40. The minimum Gasteiger partial charge on any atom is -0.394 e. The first-order valence-electron chi connectivity index (χ1n) is 7.01. The highest BCUT2D eigenvalue weighted by atomic mass is 16.5. The Bertz CT molecular complexity index is 444. The number of hydrogen-bond acceptors (Lipinski definition) is 6. The molecule has 0 radical (unpaired) electrons. The molecule has 6 heteroatoms. The first-order valence-corrected chi connectivity index (χ1v) is 7.01. The maximum atomic E-state index is 9.97. The van der Waals surface area contributed by atoms with Crippen molar-refractivity contribution in [1.82, 2.24) is 0 Å². The highest BCUT2D eigenvalue weighted by Crippen LogP contribution is 2.24. The average Bonchev–Trinajstić information content (AvgIpc) is 2.48. The van der Waals surface area contributed by atoms with E-state index < -0.39 is 43.2 Å². The maximum absolute atomic E-state index is 9.97. The Hall–Kier alpha value is -1.02. The predicted octanol–water partition coefficient (Wildman–Crippen LogP) is -0.875. The molecular weight excluding hydrogens is 276 g/mol. The van der Waals surface area contributed by atoms with E-state index >= 15 is 0 Å². The molecule has 5 N–H and O–H groups in total. The van der Waals surface area contributed by atoms with Gasteiger partial charge in [-0.05, 0) is 18.1 Å². The second-order valence-corrected chi connectivity index (χ2v) is 5.49. The second-order valence-electron chi connectivity index (χ2n) is 5.49. The van der Waals surface area contributed by atoms with E-state index in [0.29, 0.717) is 6.42 Å². The van der Waals surface area contributed by atoms with Crippen LogP contribution in [-0.2, 0) is 11.2 Å². The minimum atomic E-state index is -1.35. The van der Waals surface area contributed by atoms with E-state index in [2.05, 4.69) is 0 Å². The van der Waals surface area contributed by atoms with Gasteiger partial charge in [-0.1, -0.05) is 24.3 Å². The minimum absolute atomic E-state index is 0.335. The summed E-state index contributed by atoms with van der Waals surface area (Å²) in [4.78, 5) is 0. The molecule has 0 aliphatic carbocycles. The number of rotatable bonds is 4. The van der Waals surface area contributed by atoms with E-state index in [1.165, 1.54) is 0 Å². The summed E-state index contributed by atoms with van der Waals surface area (Å²) >= 11 is 0. The summed E-state index contributed by atoms with van der Waals surface area (Å²) in [6.45, 7) is 1.25. The Labute approximate surface area is 123 Å². The van der Waals surface area contributed by atoms with Crippen LogP contribution in [0.25, 0.3) is 0 Å². The molecule has 0 saturated carbocycles. The third-order valence-corrected chi connectivity index (χ3v) is 3.89. The summed E-state index contributed by atoms with van der Waals surface area (Å²) in [7, 11) is 0. The van der Waals surface area contributed by atoms with Crippen molar-refractivity contribution in [2.45, 2.75) is 50.0 Å². The fourth-order valence-electron chi connectivity index (χ4n) is 2.51. The van der Waals surface area contributed by atoms with Crippen LogP contribution < -0.4 is 0 Å². The number of ether oxygens (including phenoxy) is 1. The molecule has 6 nitrogen and oxygen atoms in total. The van der Waals surface area contributed by atoms with Gasteiger partial charge in [-0.2, -0.15) is 0 Å². The van der Waals surface area contributed by atoms with Gasteiger partial charge in [0.2, 0.25) is 0 Å². The summed E-state index contributed by atoms with van der Waals surface area (Å²) in [5.41, 5.74) is 1.65. The van der Waals surface area contributed by atoms with Crippen molar-refractivity contribution in [2.75, 3.05) is 6.61 Å². The van der Waals surface area contributed by atoms with E-state index in [1.54, 1.807) is 19.1 Å². The largest absolute Gasteiger partial charge is 0.394 e. The van der Waals surface area contributed by atoms with Gasteiger partial charge in [0, 0.05) is 6.42 Å². The molecule has 6 atom stereocenters. The van der Waals surface area contributed by atoms with E-state index in [1.807, 2.05) is 12.1 Å². The average molecular weight is 298 g/mol. The standard InChI is InChI=1S/C15H22O6/c1-8(17)10-4-2-9(3-5-10)6-11-13(18)15(20)14(19)12(7-16)21-11/h2-5,8,11-20H,6-7H2,1H3/t8-,11+,12-,13-,14+,15+/m0/s1. The monoisotopic (exact) mass is 298 g/mol. The SMILES string of the molecule is C[C@H](O)c1ccc(C[C@H]2O[C@@H](CO)[C@@H](O)[C@H](O)[C@H]2O)cc1. The van der Waals surface area contributed by atoms with Crippen molar-refractivity contribution >= 4 is 0 Å². The summed E-state index contributed by atoms with van der Waals surface area (Å²) < 4.78 is 5.45. The highest BCUT2D eigenvalue weighted by molar-refractivity contribution is 5.24. The Balaban J connectivity index is 2.07. The molecule has 1 aliphatic heterocycles. The van der Waals surface area contributed by atoms with Gasteiger partial charge in [0.25, 0.3) is 0 Å². The molecule has 21 heavy (non-hydrogen) atoms. The molecule has 1 fully saturated rings. The van der Waals surface area contributed by atoms with Gasteiger partial charge in [0.05, 0.1) is 18.8 Å². The van der Waals surface area contributed by atoms with Gasteiger partial charge in [-0.3, -0.25) is 0 Å². The molecule has 1 heterocycles. The summed E-state index contributed by atoms with van der Waals surface area (Å²) in [5, 5.41) is 48.0. The lowest BCUT2D eigenvalue weighted by Crippen LogP contribution is -2.58. The molecule has 0 aromatic heterocycles. The van der Waals surface area contributed by atoms with Gasteiger partial charge in [-0.15, -0.1) is 0 Å². The zero-order valence-corrected chi connectivity index (χ0v) is 11.8. The van der Waals surface area contributed by atoms with E-state index in [-0.39, 0.29) is 0 Å². The Morgan fingerprint density at radius 1 is 1.00 bits per heavy atom. The molecule has 0 unspecified atom stereocenters. The lowest BCUT2D eigenvalue weighted by molar-refractivity contribution is -0.228. The Morgan fingerprint density at radius 2 is 1.57 bits per heavy atom. The van der Waals surface area contributed by atoms with Crippen molar-refractivity contribution in [3.63, 3.8) is 0 Å². The molecular formula is C15H22O6. The topological polar surface area (TPSA) is 110 Å². The Kier molecular flexibility index (Phi) is 5.32. The van der Waals surface area contributed by atoms with Gasteiger partial charge in [-0.25, -0.2) is 0 Å². The van der Waals surface area contributed by atoms with Crippen LogP contribution in [0.4, 0.5) is 0 Å². The molecule has 1 aromatic carbocycles. The molecule has 0 bridgehead atoms. The van der Waals surface area contributed by atoms with Crippen LogP contribution in [0.3, 0.4) is 0 Å². The van der Waals surface area contributed by atoms with Gasteiger partial charge >= 0.3 is 0 Å². The fraction of sp³-hybridized carbons (Fsp3) is 0.600. The van der Waals surface area contributed by atoms with Crippen molar-refractivity contribution in [1.29, 1.82) is 0 Å². The van der Waals surface area contributed by atoms with Gasteiger partial charge < -0.3 is 30.3 Å². The summed E-state index contributed by atoms with van der Waals surface area (Å²) in [6.07, 6.45) is -5.72. The fourth-order valence-corrected chi connectivity index (χ4v) is 2.51. The van der Waals surface area contributed by atoms with Gasteiger partial charge in [0.15, 0.2) is 0 Å². The molecule has 0 spiro atoms. The zero-order valence-electron chi connectivity index (χ0n) is 11.8. The van der Waals surface area contributed by atoms with E-state index in [0.717, 1.165) is 11.1 Å². The van der Waals surface area contributed by atoms with Crippen LogP contribution in [-0.4, -0.2) is 62.7 Å². The first kappa shape index (κ1) is 16.4. The quantitative estimate of drug-likeness (QED) is 0.494. The first-order chi connectivity index (χ1) is 9.93. The van der Waals surface area contributed by atoms with Crippen LogP contribution >= 0.6 is 0 Å². The van der Waals surface area contributed by atoms with Crippen LogP contribution in [0.5, 0.6) is 0 Å². The van der Waals surface area contributed by atoms with Crippen LogP contribution in [0, 0.1) is 0 Å². The van der Waals surface area contributed by atoms with Crippen molar-refractivity contribution in [2.24, 2.45) is 0 Å². The van der Waals surface area contributed by atoms with E-state index in [4.69, 9.17) is 9.84 Å². The number of aliphatic hydroxyl groups excluding tert-OH is 5. The van der Waals surface area contributed by atoms with Crippen molar-refractivity contribution in [3.8, 4) is 0 Å². The molecule has 1 aliphatic rings. The third-order valence-electron chi connectivity index (χ3n) is 3.89. The molecule has 1 saturated heterocycles. The predicted molar refractivity (Wildman–Crippen MR) is 74.5 cm³/mol. The Morgan fingerprint density at radius 3 is 2.10 bits per heavy atom. The normalized spacial score (nSPS) is 34.7. The van der Waals surface area contributed by atoms with Crippen molar-refractivity contribution in [3.05, 3.63) is 35.4 Å². The zero-order chi connectivity index (χ0) is 15.6. The highest BCUT2D eigenvalue weighted by Gasteiger charge is 2.43. The molecule has 118 valence electrons. The van der Waals surface area contributed by atoms with Crippen molar-refractivity contribution < 1.29 is 30.3 Å².